The third-order valence-corrected chi connectivity index (χ3v) is 5.30. The summed E-state index contributed by atoms with van der Waals surface area (Å²) in [7, 11) is 0. The van der Waals surface area contributed by atoms with E-state index in [0.29, 0.717) is 18.7 Å². The standard InChI is InChI=1S/C20H27NO3.83H2/c1-5-6-14-13(4)7-8-15-16-9-10-24-20(12(2)3,11-17(22)23)19(16)21-18(14)15;;;;;;;;;;;;;;;;;;;;;;;;;;;;;;;;;;;;;;;;;;;;;;;;;;;;;;;;;;;;;;;;;;;;;;;;;;;;;;;;;;;/h7-8,12,21H,5-6,9-11H2,1-4H3,(H,22,23);83*1H/p+1/t20-;;;;;;;;;;;;;;;;;;;;;;;;;;;;;;;;;;;;;;;;;;;;;;;;;;;;;;;;;;;;;;;;;;;;;;;;;;;;;;;;;;;/m0.................................................................................../s1/i/hD3. The molecule has 3 rings (SSSR count). The quantitative estimate of drug-likeness (QED) is 0.415. The van der Waals surface area contributed by atoms with Gasteiger partial charge < -0.3 is 14.8 Å². The summed E-state index contributed by atoms with van der Waals surface area (Å²) in [6.45, 7) is 8.57. The number of benzene rings is 1. The Hall–Kier alpha value is -1.81. The first-order valence-corrected chi connectivity index (χ1v) is 8.82. The molecule has 296 valence electrons. The fourth-order valence-corrected chi connectivity index (χ4v) is 3.98. The monoisotopic (exact) mass is 501 g/mol. The van der Waals surface area contributed by atoms with E-state index in [1.54, 1.807) is 0 Å². The predicted octanol–water partition coefficient (Wildman–Crippen LogP) is 23.9. The van der Waals surface area contributed by atoms with E-state index in [2.05, 4.69) is 26.0 Å². The highest BCUT2D eigenvalue weighted by molar-refractivity contribution is 5.89. The van der Waals surface area contributed by atoms with Gasteiger partial charge in [-0.15, -0.1) is 0 Å². The van der Waals surface area contributed by atoms with Gasteiger partial charge in [-0.2, -0.15) is 0 Å². The summed E-state index contributed by atoms with van der Waals surface area (Å²) in [6.07, 6.45) is 2.42. The van der Waals surface area contributed by atoms with Crippen molar-refractivity contribution in [2.45, 2.75) is 59.0 Å². The summed E-state index contributed by atoms with van der Waals surface area (Å²) in [5.41, 5.74) is 3.95. The molecule has 0 aliphatic carbocycles. The van der Waals surface area contributed by atoms with Gasteiger partial charge in [-0.25, -0.2) is 0 Å². The topological polar surface area (TPSA) is 65.0 Å². The van der Waals surface area contributed by atoms with Crippen molar-refractivity contribution >= 4 is 16.9 Å². The Labute approximate surface area is 270 Å². The van der Waals surface area contributed by atoms with Gasteiger partial charge in [0.05, 0.1) is 12.3 Å². The molecule has 1 atom stereocenters. The number of aryl methyl sites for hydroxylation is 2. The van der Waals surface area contributed by atoms with Crippen molar-refractivity contribution in [1.82, 2.24) is 4.98 Å². The Balaban J connectivity index is -0.00000000128. The molecule has 0 radical (unpaired) electrons. The second-order valence-electron chi connectivity index (χ2n) is 7.14. The van der Waals surface area contributed by atoms with Gasteiger partial charge in [0.2, 0.25) is 0 Å². The van der Waals surface area contributed by atoms with E-state index in [0.717, 1.165) is 34.4 Å². The lowest BCUT2D eigenvalue weighted by molar-refractivity contribution is -0.154. The maximum Gasteiger partial charge on any atom is 0.519 e. The van der Waals surface area contributed by atoms with Crippen LogP contribution in [0.5, 0.6) is 0 Å². The zero-order valence-corrected chi connectivity index (χ0v) is 14.9. The molecule has 1 aromatic carbocycles. The van der Waals surface area contributed by atoms with Gasteiger partial charge in [0.15, 0.2) is 1.41 Å². The number of ether oxygens (including phenoxy) is 1. The van der Waals surface area contributed by atoms with Gasteiger partial charge in [0.1, 0.15) is 12.0 Å². The smallest absolute Gasteiger partial charge is 0.519 e. The van der Waals surface area contributed by atoms with Gasteiger partial charge in [0.25, 0.3) is 0 Å². The number of nitrogens with one attached hydrogen (secondary N) is 1. The predicted molar refractivity (Wildman–Crippen MR) is 272 cm³/mol. The highest BCUT2D eigenvalue weighted by Gasteiger charge is 2.46. The number of H-pyrrole nitrogens is 1. The number of hydrogen-bond acceptors (Lipinski definition) is 2. The highest BCUT2D eigenvalue weighted by atomic mass is 16.5. The molecule has 0 spiro atoms. The zero-order valence-electron chi connectivity index (χ0n) is 17.9. The van der Waals surface area contributed by atoms with Crippen LogP contribution in [0.1, 0.15) is 174 Å². The van der Waals surface area contributed by atoms with Gasteiger partial charge in [-0.3, -0.25) is 0 Å². The summed E-state index contributed by atoms with van der Waals surface area (Å²) in [5, 5.41) is 1.99. The van der Waals surface area contributed by atoms with Crippen LogP contribution in [0, 0.1) is 12.8 Å². The molecule has 24 heavy (non-hydrogen) atoms. The number of aromatic amines is 1. The number of carbonyl (C=O) groups is 1. The van der Waals surface area contributed by atoms with Crippen LogP contribution >= 0.6 is 0 Å². The molecule has 0 saturated carbocycles. The molecular weight excluding hydrogens is 302 g/mol. The summed E-state index contributed by atoms with van der Waals surface area (Å²) >= 11 is 0. The SMILES string of the molecule is [2H]n1c2c(c3ccc(C)c(CCC)c31)CCO[C@@]2(CC(=O)[O+]([2H])[2H])C(C)C.[HH].[HH].[HH].[HH].[HH].[HH].[HH].[HH].[HH].[HH].[HH].[HH].[HH].[HH].[HH].[HH].[HH].[HH].[HH].[HH].[HH].[HH].[HH].[HH].[HH].[HH].[HH].[HH].[HH].[HH].[HH].[HH].[HH].[HH].[HH].[HH].[HH].[HH].[HH].[HH].[HH].[HH].[HH].[HH].[HH].[HH].[HH].[HH].[HH].[HH].[HH].[HH].[HH].[HH].[HH].[HH].[HH].[HH].[HH].[HH].[HH].[HH].[HH].[HH].[HH].[HH].[HH].[HH].[HH].[HH].[HH].[HH].[HH].[HH].[HH].[HH].[HH].[HH].[HH].[HH].[HH].[HH].[HH]. The number of fused-ring (bicyclic) bond motifs is 3. The van der Waals surface area contributed by atoms with Crippen LogP contribution in [0.3, 0.4) is 0 Å². The van der Waals surface area contributed by atoms with Gasteiger partial charge in [-0.1, -0.05) is 39.3 Å². The van der Waals surface area contributed by atoms with Crippen molar-refractivity contribution in [3.8, 4) is 0 Å². The molecule has 0 fully saturated rings. The Morgan fingerprint density at radius 2 is 2.38 bits per heavy atom. The summed E-state index contributed by atoms with van der Waals surface area (Å²) in [6, 6.07) is 4.18. The zero-order chi connectivity index (χ0) is 19.9. The molecule has 0 amide bonds. The van der Waals surface area contributed by atoms with Gasteiger partial charge in [0, 0.05) is 134 Å². The minimum absolute atomic E-state index is 0. The highest BCUT2D eigenvalue weighted by Crippen LogP contribution is 2.44. The van der Waals surface area contributed by atoms with Crippen LogP contribution < -0.4 is 0 Å². The molecule has 4 nitrogen and oxygen atoms in total. The lowest BCUT2D eigenvalue weighted by Gasteiger charge is -2.38. The van der Waals surface area contributed by atoms with Crippen LogP contribution in [0.2, 0.25) is 1.41 Å². The van der Waals surface area contributed by atoms with E-state index in [1.165, 1.54) is 16.1 Å². The number of rotatable bonds is 5. The van der Waals surface area contributed by atoms with E-state index in [4.69, 9.17) is 9.01 Å². The van der Waals surface area contributed by atoms with Crippen molar-refractivity contribution in [2.24, 2.45) is 5.92 Å². The molecular formula is C20H194NO3+. The second kappa shape index (κ2) is 6.25. The Morgan fingerprint density at radius 1 is 1.58 bits per heavy atom. The molecule has 0 saturated heterocycles. The Kier molecular flexibility index (Phi) is 3.51. The van der Waals surface area contributed by atoms with Gasteiger partial charge in [-0.05, 0) is 42.4 Å². The van der Waals surface area contributed by atoms with Crippen molar-refractivity contribution in [1.29, 1.82) is 2.86 Å². The maximum atomic E-state index is 12.2. The third kappa shape index (κ3) is 2.53. The molecule has 1 aliphatic heterocycles. The largest absolute Gasteiger partial charge is 0.565 e. The molecule has 1 aliphatic rings. The second-order valence-corrected chi connectivity index (χ2v) is 7.14. The fraction of sp³-hybridized carbons (Fsp3) is 0.550. The average Bonchev–Trinajstić information content (AvgIpc) is 2.91. The molecule has 0 unspecified atom stereocenters. The number of aromatic nitrogens is 1. The number of carbonyl (C=O) groups excluding carboxylic acids is 1. The lowest BCUT2D eigenvalue weighted by atomic mass is 9.80. The van der Waals surface area contributed by atoms with Crippen molar-refractivity contribution in [2.75, 3.05) is 6.61 Å². The summed E-state index contributed by atoms with van der Waals surface area (Å²) in [4.78, 5) is 13.7. The first-order chi connectivity index (χ1) is 12.7. The first kappa shape index (κ1) is 13.5. The Bertz CT molecular complexity index is 945. The summed E-state index contributed by atoms with van der Waals surface area (Å²) < 4.78 is 29.6. The Morgan fingerprint density at radius 3 is 3.04 bits per heavy atom. The van der Waals surface area contributed by atoms with Crippen LogP contribution in [-0.4, -0.2) is 25.5 Å². The third-order valence-electron chi connectivity index (χ3n) is 5.30. The molecule has 0 bridgehead atoms. The van der Waals surface area contributed by atoms with Crippen molar-refractivity contribution in [3.63, 3.8) is 0 Å². The van der Waals surface area contributed by atoms with Crippen LogP contribution in [0.4, 0.5) is 0 Å². The van der Waals surface area contributed by atoms with Gasteiger partial charge >= 0.3 is 8.83 Å². The maximum absolute atomic E-state index is 12.2. The minimum Gasteiger partial charge on any atom is -0.565 e. The fourth-order valence-electron chi connectivity index (χ4n) is 3.98. The molecule has 4 heteroatoms. The van der Waals surface area contributed by atoms with E-state index in [-0.39, 0.29) is 131 Å². The van der Waals surface area contributed by atoms with Crippen LogP contribution in [-0.2, 0) is 28.0 Å². The van der Waals surface area contributed by atoms with E-state index < -0.39 is 11.6 Å². The first-order valence-electron chi connectivity index (χ1n) is 10.1. The van der Waals surface area contributed by atoms with E-state index in [9.17, 15) is 4.79 Å². The van der Waals surface area contributed by atoms with Crippen molar-refractivity contribution in [3.05, 3.63) is 34.5 Å². The van der Waals surface area contributed by atoms with Crippen molar-refractivity contribution < 1.29 is 134 Å². The lowest BCUT2D eigenvalue weighted by Crippen LogP contribution is -2.42. The van der Waals surface area contributed by atoms with E-state index >= 15 is 0 Å². The molecule has 3 N–H and O–H groups in total. The van der Waals surface area contributed by atoms with E-state index in [1.807, 2.05) is 13.8 Å². The average molecular weight is 501 g/mol. The number of hydrogen-bond donors (Lipinski definition) is 1. The van der Waals surface area contributed by atoms with Crippen LogP contribution in [0.25, 0.3) is 10.9 Å². The molecule has 2 heterocycles. The minimum atomic E-state index is -1.02. The van der Waals surface area contributed by atoms with Crippen LogP contribution in [0.15, 0.2) is 12.1 Å². The molecule has 1 aromatic heterocycles. The molecule has 2 aromatic rings. The summed E-state index contributed by atoms with van der Waals surface area (Å²) in [5.74, 6) is -0.808. The normalized spacial score (nSPS) is 22.1.